The number of carbonyl (C=O) groups is 1. The zero-order valence-corrected chi connectivity index (χ0v) is 33.6. The molecule has 0 fully saturated rings. The summed E-state index contributed by atoms with van der Waals surface area (Å²) in [6, 6.07) is 22.7. The highest BCUT2D eigenvalue weighted by Gasteiger charge is 2.64. The Morgan fingerprint density at radius 2 is 1.33 bits per heavy atom. The van der Waals surface area contributed by atoms with Gasteiger partial charge < -0.3 is 18.6 Å². The van der Waals surface area contributed by atoms with Crippen LogP contribution in [0.25, 0.3) is 0 Å². The van der Waals surface area contributed by atoms with Crippen molar-refractivity contribution in [3.8, 4) is 5.75 Å². The molecule has 3 rings (SSSR count). The largest absolute Gasteiger partial charge is 0.484 e. The van der Waals surface area contributed by atoms with Crippen molar-refractivity contribution in [3.63, 3.8) is 0 Å². The lowest BCUT2D eigenvalue weighted by Gasteiger charge is -2.43. The van der Waals surface area contributed by atoms with Crippen molar-refractivity contribution < 1.29 is 36.6 Å². The van der Waals surface area contributed by atoms with Gasteiger partial charge in [-0.05, 0) is 140 Å². The van der Waals surface area contributed by atoms with Crippen LogP contribution >= 0.6 is 23.2 Å². The Labute approximate surface area is 312 Å². The van der Waals surface area contributed by atoms with Crippen LogP contribution in [0.5, 0.6) is 5.75 Å². The van der Waals surface area contributed by atoms with Crippen LogP contribution < -0.4 is 4.74 Å². The molecule has 0 amide bonds. The molecule has 0 spiro atoms. The Balaban J connectivity index is 1.78. The number of alkyl halides is 3. The van der Waals surface area contributed by atoms with Crippen LogP contribution in [0.3, 0.4) is 0 Å². The average Bonchev–Trinajstić information content (AvgIpc) is 3.02. The van der Waals surface area contributed by atoms with E-state index in [9.17, 15) is 18.0 Å². The van der Waals surface area contributed by atoms with E-state index in [0.717, 1.165) is 43.2 Å². The number of rotatable bonds is 17. The van der Waals surface area contributed by atoms with Crippen LogP contribution in [0.2, 0.25) is 29.7 Å². The molecule has 0 N–H and O–H groups in total. The quantitative estimate of drug-likeness (QED) is 0.0774. The smallest absolute Gasteiger partial charge is 0.446 e. The van der Waals surface area contributed by atoms with E-state index in [2.05, 4.69) is 18.9 Å². The second kappa shape index (κ2) is 17.5. The van der Waals surface area contributed by atoms with Gasteiger partial charge in [-0.25, -0.2) is 0 Å². The summed E-state index contributed by atoms with van der Waals surface area (Å²) in [4.78, 5) is 14.7. The first kappa shape index (κ1) is 42.8. The molecule has 2 atom stereocenters. The molecule has 0 radical (unpaired) electrons. The summed E-state index contributed by atoms with van der Waals surface area (Å²) in [5.41, 5.74) is 2.01. The number of carbonyl (C=O) groups excluding carboxylic acids is 1. The minimum Gasteiger partial charge on any atom is -0.484 e. The Morgan fingerprint density at radius 3 is 1.76 bits per heavy atom. The first-order valence-electron chi connectivity index (χ1n) is 17.1. The molecule has 282 valence electrons. The lowest BCUT2D eigenvalue weighted by Crippen LogP contribution is -2.63. The highest BCUT2D eigenvalue weighted by Crippen LogP contribution is 2.43. The number of halogens is 5. The van der Waals surface area contributed by atoms with Crippen molar-refractivity contribution in [2.75, 3.05) is 20.7 Å². The predicted molar refractivity (Wildman–Crippen MR) is 201 cm³/mol. The minimum atomic E-state index is -4.92. The summed E-state index contributed by atoms with van der Waals surface area (Å²) < 4.78 is 66.9. The van der Waals surface area contributed by atoms with Crippen molar-refractivity contribution in [2.45, 2.75) is 109 Å². The maximum absolute atomic E-state index is 14.9. The van der Waals surface area contributed by atoms with Gasteiger partial charge in [0, 0.05) is 23.6 Å². The van der Waals surface area contributed by atoms with Crippen LogP contribution in [-0.2, 0) is 30.7 Å². The zero-order valence-electron chi connectivity index (χ0n) is 31.1. The third-order valence-electron chi connectivity index (χ3n) is 8.58. The molecular weight excluding hydrogens is 718 g/mol. The van der Waals surface area contributed by atoms with E-state index in [1.54, 1.807) is 52.5 Å². The van der Waals surface area contributed by atoms with Crippen LogP contribution in [0, 0.1) is 0 Å². The minimum absolute atomic E-state index is 0.0758. The van der Waals surface area contributed by atoms with Gasteiger partial charge in [0.1, 0.15) is 11.4 Å². The molecule has 0 heterocycles. The summed E-state index contributed by atoms with van der Waals surface area (Å²) >= 11 is 12.4. The third-order valence-corrected chi connectivity index (χ3v) is 10.0. The van der Waals surface area contributed by atoms with E-state index < -0.39 is 43.5 Å². The molecule has 0 bridgehead atoms. The van der Waals surface area contributed by atoms with Crippen LogP contribution in [0.1, 0.15) is 70.1 Å². The number of benzene rings is 3. The summed E-state index contributed by atoms with van der Waals surface area (Å²) in [6.07, 6.45) is -5.13. The molecule has 0 aliphatic heterocycles. The Bertz CT molecular complexity index is 1500. The molecule has 0 aromatic heterocycles. The standard InChI is InChI=1S/C39H52Cl2F3NO5Si/c1-36(2,3)49-35(46)14-10-13-34(38(47-6,39(42,43)44)50-51(7,8)9)48-33-25-15-28(16-26-33)12-11-27-45(5)37(4,29-17-21-31(40)22-18-29)30-19-23-32(41)24-20-30/h15-26,34H,10-14,27H2,1-9H3. The number of ether oxygens (including phenoxy) is 3. The molecule has 6 nitrogen and oxygen atoms in total. The Morgan fingerprint density at radius 1 is 0.824 bits per heavy atom. The van der Waals surface area contributed by atoms with Gasteiger partial charge in [-0.1, -0.05) is 59.6 Å². The summed E-state index contributed by atoms with van der Waals surface area (Å²) in [5.74, 6) is -3.30. The predicted octanol–water partition coefficient (Wildman–Crippen LogP) is 10.8. The monoisotopic (exact) mass is 769 g/mol. The summed E-state index contributed by atoms with van der Waals surface area (Å²) in [5, 5.41) is 1.32. The molecule has 0 saturated heterocycles. The SMILES string of the molecule is COC(O[Si](C)(C)C)(C(CCCC(=O)OC(C)(C)C)Oc1ccc(CCCN(C)C(C)(c2ccc(Cl)cc2)c2ccc(Cl)cc2)cc1)C(F)(F)F. The molecule has 3 aromatic carbocycles. The maximum atomic E-state index is 14.9. The normalized spacial score (nSPS) is 14.6. The third kappa shape index (κ3) is 12.0. The van der Waals surface area contributed by atoms with Gasteiger partial charge in [0.25, 0.3) is 5.79 Å². The fourth-order valence-electron chi connectivity index (χ4n) is 6.00. The molecule has 12 heteroatoms. The highest BCUT2D eigenvalue weighted by molar-refractivity contribution is 6.69. The number of nitrogens with zero attached hydrogens (tertiary/aromatic N) is 1. The van der Waals surface area contributed by atoms with Gasteiger partial charge in [-0.3, -0.25) is 9.69 Å². The molecule has 51 heavy (non-hydrogen) atoms. The second-order valence-electron chi connectivity index (χ2n) is 14.9. The fourth-order valence-corrected chi connectivity index (χ4v) is 7.49. The van der Waals surface area contributed by atoms with Gasteiger partial charge >= 0.3 is 12.1 Å². The first-order chi connectivity index (χ1) is 23.6. The molecule has 0 aliphatic rings. The van der Waals surface area contributed by atoms with Crippen LogP contribution in [0.15, 0.2) is 72.8 Å². The Kier molecular flexibility index (Phi) is 14.7. The van der Waals surface area contributed by atoms with E-state index in [1.165, 1.54) is 0 Å². The van der Waals surface area contributed by atoms with Gasteiger partial charge in [0.15, 0.2) is 14.4 Å². The van der Waals surface area contributed by atoms with E-state index in [1.807, 2.05) is 60.7 Å². The van der Waals surface area contributed by atoms with Crippen molar-refractivity contribution in [1.82, 2.24) is 4.90 Å². The van der Waals surface area contributed by atoms with Gasteiger partial charge in [0.05, 0.1) is 5.54 Å². The average molecular weight is 771 g/mol. The second-order valence-corrected chi connectivity index (χ2v) is 20.2. The number of methoxy groups -OCH3 is 1. The van der Waals surface area contributed by atoms with Gasteiger partial charge in [0.2, 0.25) is 0 Å². The van der Waals surface area contributed by atoms with Gasteiger partial charge in [-0.2, -0.15) is 13.2 Å². The molecule has 0 saturated carbocycles. The number of hydrogen-bond acceptors (Lipinski definition) is 6. The van der Waals surface area contributed by atoms with Crippen molar-refractivity contribution in [1.29, 1.82) is 0 Å². The number of hydrogen-bond donors (Lipinski definition) is 0. The van der Waals surface area contributed by atoms with Crippen LogP contribution in [-0.4, -0.2) is 63.6 Å². The topological polar surface area (TPSA) is 57.2 Å². The van der Waals surface area contributed by atoms with Crippen molar-refractivity contribution in [2.24, 2.45) is 0 Å². The molecule has 0 aliphatic carbocycles. The van der Waals surface area contributed by atoms with E-state index >= 15 is 0 Å². The zero-order chi connectivity index (χ0) is 38.3. The molecule has 3 aromatic rings. The Hall–Kier alpha value is -2.60. The molecule has 2 unspecified atom stereocenters. The van der Waals surface area contributed by atoms with Gasteiger partial charge in [-0.15, -0.1) is 0 Å². The van der Waals surface area contributed by atoms with E-state index in [4.69, 9.17) is 41.8 Å². The van der Waals surface area contributed by atoms with Crippen molar-refractivity contribution in [3.05, 3.63) is 99.5 Å². The number of aryl methyl sites for hydroxylation is 1. The first-order valence-corrected chi connectivity index (χ1v) is 21.3. The number of esters is 1. The van der Waals surface area contributed by atoms with Crippen molar-refractivity contribution >= 4 is 37.5 Å². The fraction of sp³-hybridized carbons (Fsp3) is 0.513. The lowest BCUT2D eigenvalue weighted by molar-refractivity contribution is -0.374. The van der Waals surface area contributed by atoms with E-state index in [-0.39, 0.29) is 25.0 Å². The summed E-state index contributed by atoms with van der Waals surface area (Å²) in [7, 11) is 0.229. The van der Waals surface area contributed by atoms with E-state index in [0.29, 0.717) is 10.0 Å². The maximum Gasteiger partial charge on any atom is 0.446 e. The molecular formula is C39H52Cl2F3NO5Si. The lowest BCUT2D eigenvalue weighted by atomic mass is 9.83. The highest BCUT2D eigenvalue weighted by atomic mass is 35.5. The summed E-state index contributed by atoms with van der Waals surface area (Å²) in [6.45, 7) is 13.1. The van der Waals surface area contributed by atoms with Crippen LogP contribution in [0.4, 0.5) is 13.2 Å².